The van der Waals surface area contributed by atoms with Gasteiger partial charge in [-0.05, 0) is 35.7 Å². The van der Waals surface area contributed by atoms with Crippen LogP contribution in [-0.2, 0) is 11.2 Å². The molecule has 1 aromatic heterocycles. The molecule has 0 bridgehead atoms. The first kappa shape index (κ1) is 21.1. The number of nitrogen functional groups attached to an aromatic ring is 1. The molecule has 0 radical (unpaired) electrons. The number of hydrogen-bond donors (Lipinski definition) is 3. The average Bonchev–Trinajstić information content (AvgIpc) is 3.18. The molecule has 4 N–H and O–H groups in total. The number of carbonyl (C=O) groups is 1. The van der Waals surface area contributed by atoms with Crippen LogP contribution in [0.3, 0.4) is 0 Å². The number of ether oxygens (including phenoxy) is 2. The van der Waals surface area contributed by atoms with Crippen molar-refractivity contribution in [3.63, 3.8) is 0 Å². The van der Waals surface area contributed by atoms with Gasteiger partial charge in [-0.1, -0.05) is 30.3 Å². The normalized spacial score (nSPS) is 10.7. The number of hydrazone groups is 1. The van der Waals surface area contributed by atoms with E-state index in [2.05, 4.69) is 20.8 Å². The van der Waals surface area contributed by atoms with E-state index >= 15 is 0 Å². The Kier molecular flexibility index (Phi) is 7.62. The summed E-state index contributed by atoms with van der Waals surface area (Å²) in [5.74, 6) is 1.25. The van der Waals surface area contributed by atoms with E-state index in [4.69, 9.17) is 15.2 Å². The van der Waals surface area contributed by atoms with Crippen LogP contribution in [0.5, 0.6) is 11.5 Å². The smallest absolute Gasteiger partial charge is 0.257 e. The Balaban J connectivity index is 1.47. The minimum Gasteiger partial charge on any atom is -0.493 e. The second-order valence-corrected chi connectivity index (χ2v) is 7.09. The number of methoxy groups -OCH3 is 1. The van der Waals surface area contributed by atoms with Crippen LogP contribution in [0.25, 0.3) is 0 Å². The molecule has 156 valence electrons. The molecule has 0 unspecified atom stereocenters. The molecule has 3 aromatic rings. The molecule has 0 atom stereocenters. The van der Waals surface area contributed by atoms with E-state index in [0.717, 1.165) is 12.0 Å². The van der Waals surface area contributed by atoms with E-state index in [9.17, 15) is 4.79 Å². The number of aromatic nitrogens is 1. The van der Waals surface area contributed by atoms with Gasteiger partial charge < -0.3 is 20.5 Å². The summed E-state index contributed by atoms with van der Waals surface area (Å²) in [6.45, 7) is 0.460. The van der Waals surface area contributed by atoms with Crippen molar-refractivity contribution in [3.05, 3.63) is 65.0 Å². The number of hydrogen-bond acceptors (Lipinski definition) is 8. The zero-order valence-electron chi connectivity index (χ0n) is 16.5. The Morgan fingerprint density at radius 2 is 2.07 bits per heavy atom. The molecule has 0 saturated heterocycles. The Hall–Kier alpha value is -3.59. The van der Waals surface area contributed by atoms with E-state index in [0.29, 0.717) is 29.0 Å². The van der Waals surface area contributed by atoms with E-state index in [-0.39, 0.29) is 12.5 Å². The average molecular weight is 426 g/mol. The molecular weight excluding hydrogens is 402 g/mol. The highest BCUT2D eigenvalue weighted by atomic mass is 32.1. The minimum atomic E-state index is -0.189. The van der Waals surface area contributed by atoms with Crippen molar-refractivity contribution < 1.29 is 14.3 Å². The van der Waals surface area contributed by atoms with Crippen molar-refractivity contribution in [1.29, 1.82) is 0 Å². The van der Waals surface area contributed by atoms with Crippen molar-refractivity contribution in [3.8, 4) is 11.5 Å². The van der Waals surface area contributed by atoms with E-state index < -0.39 is 0 Å². The number of anilines is 2. The first-order chi connectivity index (χ1) is 14.6. The Morgan fingerprint density at radius 1 is 1.23 bits per heavy atom. The van der Waals surface area contributed by atoms with Gasteiger partial charge in [0.25, 0.3) is 5.91 Å². The predicted molar refractivity (Wildman–Crippen MR) is 119 cm³/mol. The molecule has 30 heavy (non-hydrogen) atoms. The Labute approximate surface area is 178 Å². The molecule has 0 spiro atoms. The molecule has 0 saturated carbocycles. The lowest BCUT2D eigenvalue weighted by atomic mass is 10.1. The van der Waals surface area contributed by atoms with E-state index in [1.807, 2.05) is 36.4 Å². The summed E-state index contributed by atoms with van der Waals surface area (Å²) in [7, 11) is 1.54. The molecule has 3 rings (SSSR count). The van der Waals surface area contributed by atoms with Gasteiger partial charge in [-0.15, -0.1) is 11.3 Å². The number of nitrogens with two attached hydrogens (primary N) is 1. The van der Waals surface area contributed by atoms with Gasteiger partial charge in [0.15, 0.2) is 18.1 Å². The fourth-order valence-electron chi connectivity index (χ4n) is 2.57. The summed E-state index contributed by atoms with van der Waals surface area (Å²) in [6, 6.07) is 15.3. The summed E-state index contributed by atoms with van der Waals surface area (Å²) >= 11 is 1.36. The Bertz CT molecular complexity index is 991. The highest BCUT2D eigenvalue weighted by Crippen LogP contribution is 2.27. The molecule has 0 aliphatic rings. The highest BCUT2D eigenvalue weighted by Gasteiger charge is 2.08. The lowest BCUT2D eigenvalue weighted by molar-refractivity contribution is -0.123. The minimum absolute atomic E-state index is 0.0917. The van der Waals surface area contributed by atoms with Gasteiger partial charge in [-0.25, -0.2) is 4.98 Å². The lowest BCUT2D eigenvalue weighted by Gasteiger charge is -2.11. The third-order valence-electron chi connectivity index (χ3n) is 4.02. The van der Waals surface area contributed by atoms with Crippen molar-refractivity contribution in [2.24, 2.45) is 5.10 Å². The van der Waals surface area contributed by atoms with Crippen molar-refractivity contribution in [2.75, 3.05) is 31.4 Å². The van der Waals surface area contributed by atoms with E-state index in [1.165, 1.54) is 16.9 Å². The van der Waals surface area contributed by atoms with Gasteiger partial charge in [0.05, 0.1) is 13.3 Å². The van der Waals surface area contributed by atoms with Crippen molar-refractivity contribution in [2.45, 2.75) is 6.42 Å². The van der Waals surface area contributed by atoms with Crippen LogP contribution < -0.4 is 25.9 Å². The standard InChI is InChI=1S/C21H23N5O3S/c1-28-18-11-16(12-24-26-21-25-19(22)14-30-21)7-8-17(18)29-13-20(27)23-10-9-15-5-3-2-4-6-15/h2-8,11-12,14H,9-10,13,22H2,1H3,(H,23,27)(H,25,26). The zero-order chi connectivity index (χ0) is 21.2. The molecular formula is C21H23N5O3S. The number of thiazole rings is 1. The van der Waals surface area contributed by atoms with Crippen LogP contribution in [-0.4, -0.2) is 37.4 Å². The summed E-state index contributed by atoms with van der Waals surface area (Å²) in [5.41, 5.74) is 10.3. The predicted octanol–water partition coefficient (Wildman–Crippen LogP) is 2.92. The number of nitrogens with zero attached hydrogens (tertiary/aromatic N) is 2. The zero-order valence-corrected chi connectivity index (χ0v) is 17.3. The van der Waals surface area contributed by atoms with Gasteiger partial charge in [-0.2, -0.15) is 5.10 Å². The maximum absolute atomic E-state index is 12.0. The van der Waals surface area contributed by atoms with Gasteiger partial charge in [0.1, 0.15) is 5.82 Å². The van der Waals surface area contributed by atoms with Crippen molar-refractivity contribution >= 4 is 34.4 Å². The first-order valence-corrected chi connectivity index (χ1v) is 10.1. The third-order valence-corrected chi connectivity index (χ3v) is 4.79. The van der Waals surface area contributed by atoms with Crippen LogP contribution >= 0.6 is 11.3 Å². The SMILES string of the molecule is COc1cc(C=NNc2nc(N)cs2)ccc1OCC(=O)NCCc1ccccc1. The van der Waals surface area contributed by atoms with E-state index in [1.54, 1.807) is 30.8 Å². The van der Waals surface area contributed by atoms with Crippen molar-refractivity contribution in [1.82, 2.24) is 10.3 Å². The lowest BCUT2D eigenvalue weighted by Crippen LogP contribution is -2.30. The molecule has 0 aliphatic heterocycles. The van der Waals surface area contributed by atoms with Crippen LogP contribution in [0.4, 0.5) is 10.9 Å². The maximum atomic E-state index is 12.0. The topological polar surface area (TPSA) is 111 Å². The van der Waals surface area contributed by atoms with Gasteiger partial charge >= 0.3 is 0 Å². The molecule has 9 heteroatoms. The van der Waals surface area contributed by atoms with Gasteiger partial charge in [0.2, 0.25) is 5.13 Å². The van der Waals surface area contributed by atoms with Crippen LogP contribution in [0.15, 0.2) is 59.0 Å². The number of carbonyl (C=O) groups excluding carboxylic acids is 1. The Morgan fingerprint density at radius 3 is 2.80 bits per heavy atom. The second-order valence-electron chi connectivity index (χ2n) is 6.23. The molecule has 2 aromatic carbocycles. The molecule has 1 amide bonds. The summed E-state index contributed by atoms with van der Waals surface area (Å²) < 4.78 is 11.0. The largest absolute Gasteiger partial charge is 0.493 e. The quantitative estimate of drug-likeness (QED) is 0.340. The summed E-state index contributed by atoms with van der Waals surface area (Å²) in [6.07, 6.45) is 2.39. The fraction of sp³-hybridized carbons (Fsp3) is 0.190. The van der Waals surface area contributed by atoms with Gasteiger partial charge in [-0.3, -0.25) is 10.2 Å². The fourth-order valence-corrected chi connectivity index (χ4v) is 3.12. The summed E-state index contributed by atoms with van der Waals surface area (Å²) in [4.78, 5) is 16.1. The van der Waals surface area contributed by atoms with Crippen LogP contribution in [0.1, 0.15) is 11.1 Å². The summed E-state index contributed by atoms with van der Waals surface area (Å²) in [5, 5.41) is 9.30. The number of amides is 1. The molecule has 0 fully saturated rings. The second kappa shape index (κ2) is 10.8. The monoisotopic (exact) mass is 425 g/mol. The first-order valence-electron chi connectivity index (χ1n) is 9.25. The van der Waals surface area contributed by atoms with Crippen LogP contribution in [0, 0.1) is 0 Å². The molecule has 0 aliphatic carbocycles. The maximum Gasteiger partial charge on any atom is 0.257 e. The number of rotatable bonds is 10. The highest BCUT2D eigenvalue weighted by molar-refractivity contribution is 7.14. The number of nitrogens with one attached hydrogen (secondary N) is 2. The van der Waals surface area contributed by atoms with Crippen LogP contribution in [0.2, 0.25) is 0 Å². The number of benzene rings is 2. The molecule has 8 nitrogen and oxygen atoms in total. The van der Waals surface area contributed by atoms with Gasteiger partial charge in [0, 0.05) is 11.9 Å². The third kappa shape index (κ3) is 6.49. The molecule has 1 heterocycles.